The standard InChI is InChI=1S/C11H8ClF3N2O2/c1-3-6(2)19-10(18)17-8-5-16-9(12)4-7(8)11(13,14)15/h1,4-6H,2H3,(H,17,18)/t6-/m0/s1. The first-order valence-corrected chi connectivity index (χ1v) is 5.28. The summed E-state index contributed by atoms with van der Waals surface area (Å²) in [5, 5.41) is 1.57. The van der Waals surface area contributed by atoms with E-state index in [1.165, 1.54) is 6.92 Å². The van der Waals surface area contributed by atoms with E-state index in [1.54, 1.807) is 0 Å². The third-order valence-electron chi connectivity index (χ3n) is 1.93. The van der Waals surface area contributed by atoms with Crippen LogP contribution in [0.1, 0.15) is 12.5 Å². The van der Waals surface area contributed by atoms with Gasteiger partial charge in [0.25, 0.3) is 0 Å². The van der Waals surface area contributed by atoms with Crippen LogP contribution in [0.2, 0.25) is 5.15 Å². The Bertz CT molecular complexity index is 526. The molecule has 1 aromatic heterocycles. The summed E-state index contributed by atoms with van der Waals surface area (Å²) >= 11 is 5.38. The third kappa shape index (κ3) is 4.34. The van der Waals surface area contributed by atoms with Gasteiger partial charge < -0.3 is 4.74 Å². The number of nitrogens with one attached hydrogen (secondary N) is 1. The zero-order chi connectivity index (χ0) is 14.6. The minimum atomic E-state index is -4.69. The Labute approximate surface area is 111 Å². The molecule has 0 unspecified atom stereocenters. The molecule has 0 saturated heterocycles. The van der Waals surface area contributed by atoms with Crippen molar-refractivity contribution in [3.05, 3.63) is 23.0 Å². The van der Waals surface area contributed by atoms with E-state index in [2.05, 4.69) is 15.6 Å². The molecule has 0 aliphatic heterocycles. The van der Waals surface area contributed by atoms with Gasteiger partial charge in [0.1, 0.15) is 5.15 Å². The number of carbonyl (C=O) groups is 1. The van der Waals surface area contributed by atoms with Gasteiger partial charge in [-0.1, -0.05) is 17.5 Å². The number of terminal acetylenes is 1. The predicted molar refractivity (Wildman–Crippen MR) is 62.6 cm³/mol. The maximum Gasteiger partial charge on any atom is 0.418 e. The fourth-order valence-corrected chi connectivity index (χ4v) is 1.26. The smallest absolute Gasteiger partial charge is 0.418 e. The number of nitrogens with zero attached hydrogens (tertiary/aromatic N) is 1. The van der Waals surface area contributed by atoms with Crippen molar-refractivity contribution in [1.29, 1.82) is 0 Å². The minimum Gasteiger partial charge on any atom is -0.433 e. The second-order valence-electron chi connectivity index (χ2n) is 3.39. The Balaban J connectivity index is 2.96. The molecule has 8 heteroatoms. The molecule has 1 N–H and O–H groups in total. The van der Waals surface area contributed by atoms with Crippen LogP contribution in [0.25, 0.3) is 0 Å². The van der Waals surface area contributed by atoms with Gasteiger partial charge in [0.15, 0.2) is 6.10 Å². The summed E-state index contributed by atoms with van der Waals surface area (Å²) < 4.78 is 42.7. The van der Waals surface area contributed by atoms with Crippen LogP contribution in [0.4, 0.5) is 23.7 Å². The predicted octanol–water partition coefficient (Wildman–Crippen LogP) is 3.32. The molecule has 0 aliphatic carbocycles. The Hall–Kier alpha value is -1.94. The average Bonchev–Trinajstić information content (AvgIpc) is 2.29. The molecular weight excluding hydrogens is 285 g/mol. The molecule has 0 fully saturated rings. The van der Waals surface area contributed by atoms with E-state index >= 15 is 0 Å². The molecule has 0 spiro atoms. The van der Waals surface area contributed by atoms with Crippen molar-refractivity contribution in [2.45, 2.75) is 19.2 Å². The number of aromatic nitrogens is 1. The number of carbonyl (C=O) groups excluding carboxylic acids is 1. The Kier molecular flexibility index (Phi) is 4.62. The first kappa shape index (κ1) is 15.1. The Morgan fingerprint density at radius 1 is 1.63 bits per heavy atom. The average molecular weight is 293 g/mol. The molecule has 1 aromatic rings. The van der Waals surface area contributed by atoms with Gasteiger partial charge in [-0.15, -0.1) is 6.42 Å². The summed E-state index contributed by atoms with van der Waals surface area (Å²) in [7, 11) is 0. The van der Waals surface area contributed by atoms with Gasteiger partial charge in [0.2, 0.25) is 0 Å². The summed E-state index contributed by atoms with van der Waals surface area (Å²) in [6.07, 6.45) is -0.912. The van der Waals surface area contributed by atoms with Crippen LogP contribution in [-0.4, -0.2) is 17.2 Å². The molecule has 0 aromatic carbocycles. The number of halogens is 4. The zero-order valence-corrected chi connectivity index (χ0v) is 10.3. The zero-order valence-electron chi connectivity index (χ0n) is 9.58. The minimum absolute atomic E-state index is 0.344. The van der Waals surface area contributed by atoms with Crippen LogP contribution >= 0.6 is 11.6 Å². The lowest BCUT2D eigenvalue weighted by atomic mass is 10.2. The number of amides is 1. The van der Waals surface area contributed by atoms with Gasteiger partial charge in [0, 0.05) is 0 Å². The molecule has 0 saturated carbocycles. The molecule has 1 heterocycles. The topological polar surface area (TPSA) is 51.2 Å². The lowest BCUT2D eigenvalue weighted by Crippen LogP contribution is -2.21. The van der Waals surface area contributed by atoms with Crippen molar-refractivity contribution in [3.8, 4) is 12.3 Å². The van der Waals surface area contributed by atoms with E-state index in [9.17, 15) is 18.0 Å². The summed E-state index contributed by atoms with van der Waals surface area (Å²) in [5.41, 5.74) is -1.69. The third-order valence-corrected chi connectivity index (χ3v) is 2.14. The highest BCUT2D eigenvalue weighted by molar-refractivity contribution is 6.29. The SMILES string of the molecule is C#C[C@H](C)OC(=O)Nc1cnc(Cl)cc1C(F)(F)F. The molecule has 1 rings (SSSR count). The summed E-state index contributed by atoms with van der Waals surface area (Å²) in [5.74, 6) is 2.09. The maximum atomic E-state index is 12.7. The van der Waals surface area contributed by atoms with Crippen LogP contribution in [0, 0.1) is 12.3 Å². The molecule has 0 radical (unpaired) electrons. The quantitative estimate of drug-likeness (QED) is 0.672. The Morgan fingerprint density at radius 2 is 2.26 bits per heavy atom. The number of hydrogen-bond acceptors (Lipinski definition) is 3. The van der Waals surface area contributed by atoms with Gasteiger partial charge in [0.05, 0.1) is 17.4 Å². The number of hydrogen-bond donors (Lipinski definition) is 1. The molecule has 1 amide bonds. The summed E-state index contributed by atoms with van der Waals surface area (Å²) in [6.45, 7) is 1.39. The first-order valence-electron chi connectivity index (χ1n) is 4.90. The van der Waals surface area contributed by atoms with Gasteiger partial charge >= 0.3 is 12.3 Å². The maximum absolute atomic E-state index is 12.7. The highest BCUT2D eigenvalue weighted by Gasteiger charge is 2.34. The largest absolute Gasteiger partial charge is 0.433 e. The molecular formula is C11H8ClF3N2O2. The van der Waals surface area contributed by atoms with Crippen LogP contribution in [0.5, 0.6) is 0 Å². The molecule has 19 heavy (non-hydrogen) atoms. The van der Waals surface area contributed by atoms with Crippen LogP contribution in [-0.2, 0) is 10.9 Å². The summed E-state index contributed by atoms with van der Waals surface area (Å²) in [6, 6.07) is 0.599. The van der Waals surface area contributed by atoms with E-state index in [0.717, 1.165) is 6.20 Å². The van der Waals surface area contributed by atoms with Crippen molar-refractivity contribution in [3.63, 3.8) is 0 Å². The van der Waals surface area contributed by atoms with E-state index in [4.69, 9.17) is 18.0 Å². The highest BCUT2D eigenvalue weighted by Crippen LogP contribution is 2.35. The number of pyridine rings is 1. The monoisotopic (exact) mass is 292 g/mol. The van der Waals surface area contributed by atoms with Crippen molar-refractivity contribution in [2.75, 3.05) is 5.32 Å². The number of ether oxygens (including phenoxy) is 1. The van der Waals surface area contributed by atoms with Crippen molar-refractivity contribution >= 4 is 23.4 Å². The summed E-state index contributed by atoms with van der Waals surface area (Å²) in [4.78, 5) is 14.7. The molecule has 102 valence electrons. The first-order chi connectivity index (χ1) is 8.74. The molecule has 4 nitrogen and oxygen atoms in total. The second-order valence-corrected chi connectivity index (χ2v) is 3.78. The lowest BCUT2D eigenvalue weighted by Gasteiger charge is -2.14. The van der Waals surface area contributed by atoms with Crippen LogP contribution in [0.15, 0.2) is 12.3 Å². The normalized spacial score (nSPS) is 12.4. The van der Waals surface area contributed by atoms with E-state index < -0.39 is 29.6 Å². The van der Waals surface area contributed by atoms with E-state index in [1.807, 2.05) is 5.32 Å². The number of rotatable bonds is 2. The van der Waals surface area contributed by atoms with Crippen LogP contribution in [0.3, 0.4) is 0 Å². The fourth-order valence-electron chi connectivity index (χ4n) is 1.10. The van der Waals surface area contributed by atoms with Crippen LogP contribution < -0.4 is 5.32 Å². The van der Waals surface area contributed by atoms with Gasteiger partial charge in [-0.3, -0.25) is 5.32 Å². The highest BCUT2D eigenvalue weighted by atomic mass is 35.5. The lowest BCUT2D eigenvalue weighted by molar-refractivity contribution is -0.137. The van der Waals surface area contributed by atoms with Gasteiger partial charge in [-0.05, 0) is 13.0 Å². The van der Waals surface area contributed by atoms with Gasteiger partial charge in [-0.25, -0.2) is 9.78 Å². The Morgan fingerprint density at radius 3 is 2.79 bits per heavy atom. The molecule has 1 atom stereocenters. The van der Waals surface area contributed by atoms with Crippen molar-refractivity contribution < 1.29 is 22.7 Å². The molecule has 0 bridgehead atoms. The van der Waals surface area contributed by atoms with Crippen molar-refractivity contribution in [1.82, 2.24) is 4.98 Å². The molecule has 0 aliphatic rings. The number of alkyl halides is 3. The van der Waals surface area contributed by atoms with Crippen molar-refractivity contribution in [2.24, 2.45) is 0 Å². The van der Waals surface area contributed by atoms with E-state index in [0.29, 0.717) is 6.07 Å². The number of anilines is 1. The second kappa shape index (κ2) is 5.80. The van der Waals surface area contributed by atoms with Gasteiger partial charge in [-0.2, -0.15) is 13.2 Å². The fraction of sp³-hybridized carbons (Fsp3) is 0.273. The van der Waals surface area contributed by atoms with E-state index in [-0.39, 0.29) is 5.15 Å².